The van der Waals surface area contributed by atoms with Gasteiger partial charge in [0.05, 0.1) is 12.1 Å². The molecular weight excluding hydrogens is 420 g/mol. The third kappa shape index (κ3) is 3.29. The molecule has 0 spiro atoms. The molecule has 0 atom stereocenters. The van der Waals surface area contributed by atoms with Gasteiger partial charge in [-0.15, -0.1) is 0 Å². The summed E-state index contributed by atoms with van der Waals surface area (Å²) in [7, 11) is 4.70. The minimum Gasteiger partial charge on any atom is -0.495 e. The summed E-state index contributed by atoms with van der Waals surface area (Å²) in [4.78, 5) is 29.7. The fraction of sp³-hybridized carbons (Fsp3) is 0.381. The van der Waals surface area contributed by atoms with Crippen LogP contribution in [0.1, 0.15) is 17.8 Å². The molecule has 1 N–H and O–H groups in total. The molecular formula is C21H25ClN6O3. The van der Waals surface area contributed by atoms with Gasteiger partial charge in [-0.05, 0) is 38.5 Å². The van der Waals surface area contributed by atoms with E-state index in [2.05, 4.69) is 14.9 Å². The predicted octanol–water partition coefficient (Wildman–Crippen LogP) is 2.47. The van der Waals surface area contributed by atoms with Gasteiger partial charge in [0.25, 0.3) is 5.56 Å². The number of rotatable bonds is 6. The molecule has 0 fully saturated rings. The second kappa shape index (κ2) is 7.81. The number of benzene rings is 1. The first-order chi connectivity index (χ1) is 14.8. The number of hydrogen-bond acceptors (Lipinski definition) is 5. The Morgan fingerprint density at radius 3 is 2.55 bits per heavy atom. The van der Waals surface area contributed by atoms with Crippen LogP contribution < -0.4 is 21.3 Å². The van der Waals surface area contributed by atoms with E-state index < -0.39 is 0 Å². The molecule has 0 aliphatic carbocycles. The summed E-state index contributed by atoms with van der Waals surface area (Å²) in [6.45, 7) is 5.41. The SMILES string of the molecule is COc1ccc(NCCCn2c(C)c(C)n3c4c(=O)n(C)c(=O)n(C)c4nc23)cc1Cl. The second-order valence-electron chi connectivity index (χ2n) is 7.58. The number of hydrogen-bond donors (Lipinski definition) is 1. The molecule has 4 rings (SSSR count). The van der Waals surface area contributed by atoms with Gasteiger partial charge < -0.3 is 14.6 Å². The molecule has 9 nitrogen and oxygen atoms in total. The van der Waals surface area contributed by atoms with Crippen LogP contribution in [0.5, 0.6) is 5.75 Å². The average Bonchev–Trinajstić information content (AvgIpc) is 3.25. The molecule has 0 bridgehead atoms. The van der Waals surface area contributed by atoms with E-state index in [1.165, 1.54) is 11.6 Å². The average molecular weight is 445 g/mol. The van der Waals surface area contributed by atoms with Crippen molar-refractivity contribution >= 4 is 34.2 Å². The van der Waals surface area contributed by atoms with Crippen molar-refractivity contribution in [2.24, 2.45) is 14.1 Å². The summed E-state index contributed by atoms with van der Waals surface area (Å²) in [6.07, 6.45) is 0.828. The highest BCUT2D eigenvalue weighted by Crippen LogP contribution is 2.27. The van der Waals surface area contributed by atoms with Crippen LogP contribution in [0, 0.1) is 13.8 Å². The lowest BCUT2D eigenvalue weighted by Gasteiger charge is -2.10. The van der Waals surface area contributed by atoms with E-state index in [9.17, 15) is 9.59 Å². The minimum atomic E-state index is -0.387. The van der Waals surface area contributed by atoms with E-state index in [4.69, 9.17) is 16.3 Å². The number of aromatic nitrogens is 5. The number of fused-ring (bicyclic) bond motifs is 3. The Labute approximate surface area is 183 Å². The minimum absolute atomic E-state index is 0.344. The van der Waals surface area contributed by atoms with Crippen molar-refractivity contribution in [3.63, 3.8) is 0 Å². The molecule has 3 aromatic heterocycles. The van der Waals surface area contributed by atoms with Crippen molar-refractivity contribution < 1.29 is 4.74 Å². The Hall–Kier alpha value is -3.20. The van der Waals surface area contributed by atoms with Crippen molar-refractivity contribution in [2.75, 3.05) is 19.0 Å². The van der Waals surface area contributed by atoms with Crippen LogP contribution in [0.2, 0.25) is 5.02 Å². The number of halogens is 1. The summed E-state index contributed by atoms with van der Waals surface area (Å²) in [5, 5.41) is 3.92. The zero-order valence-electron chi connectivity index (χ0n) is 18.2. The molecule has 0 aliphatic heterocycles. The monoisotopic (exact) mass is 444 g/mol. The maximum atomic E-state index is 12.8. The summed E-state index contributed by atoms with van der Waals surface area (Å²) in [6, 6.07) is 5.58. The first-order valence-electron chi connectivity index (χ1n) is 9.97. The smallest absolute Gasteiger partial charge is 0.332 e. The van der Waals surface area contributed by atoms with E-state index in [0.29, 0.717) is 34.3 Å². The molecule has 4 aromatic rings. The molecule has 1 aromatic carbocycles. The summed E-state index contributed by atoms with van der Waals surface area (Å²) in [5.74, 6) is 1.30. The van der Waals surface area contributed by atoms with Gasteiger partial charge in [-0.1, -0.05) is 11.6 Å². The van der Waals surface area contributed by atoms with Crippen molar-refractivity contribution in [1.29, 1.82) is 0 Å². The van der Waals surface area contributed by atoms with Gasteiger partial charge in [0, 0.05) is 44.3 Å². The fourth-order valence-electron chi connectivity index (χ4n) is 3.90. The predicted molar refractivity (Wildman–Crippen MR) is 122 cm³/mol. The highest BCUT2D eigenvalue weighted by atomic mass is 35.5. The highest BCUT2D eigenvalue weighted by molar-refractivity contribution is 6.32. The van der Waals surface area contributed by atoms with Crippen LogP contribution in [-0.4, -0.2) is 36.7 Å². The van der Waals surface area contributed by atoms with Crippen LogP contribution in [0.4, 0.5) is 5.69 Å². The highest BCUT2D eigenvalue weighted by Gasteiger charge is 2.21. The molecule has 10 heteroatoms. The largest absolute Gasteiger partial charge is 0.495 e. The summed E-state index contributed by atoms with van der Waals surface area (Å²) < 4.78 is 11.6. The first-order valence-corrected chi connectivity index (χ1v) is 10.3. The number of aryl methyl sites for hydroxylation is 3. The number of imidazole rings is 2. The third-order valence-corrected chi connectivity index (χ3v) is 6.08. The van der Waals surface area contributed by atoms with Gasteiger partial charge in [-0.25, -0.2) is 4.79 Å². The van der Waals surface area contributed by atoms with Gasteiger partial charge in [0.2, 0.25) is 5.78 Å². The second-order valence-corrected chi connectivity index (χ2v) is 7.98. The lowest BCUT2D eigenvalue weighted by molar-refractivity contribution is 0.415. The van der Waals surface area contributed by atoms with Crippen LogP contribution in [0.25, 0.3) is 16.9 Å². The number of ether oxygens (including phenoxy) is 1. The number of nitrogens with zero attached hydrogens (tertiary/aromatic N) is 5. The van der Waals surface area contributed by atoms with Gasteiger partial charge >= 0.3 is 5.69 Å². The molecule has 0 amide bonds. The topological polar surface area (TPSA) is 87.5 Å². The van der Waals surface area contributed by atoms with Gasteiger partial charge in [0.1, 0.15) is 5.75 Å². The van der Waals surface area contributed by atoms with Crippen molar-refractivity contribution in [1.82, 2.24) is 23.1 Å². The Balaban J connectivity index is 1.63. The first kappa shape index (κ1) is 21.0. The van der Waals surface area contributed by atoms with Crippen LogP contribution in [0.3, 0.4) is 0 Å². The van der Waals surface area contributed by atoms with Crippen molar-refractivity contribution in [2.45, 2.75) is 26.8 Å². The molecule has 0 saturated carbocycles. The quantitative estimate of drug-likeness (QED) is 0.461. The van der Waals surface area contributed by atoms with E-state index in [-0.39, 0.29) is 11.2 Å². The normalized spacial score (nSPS) is 11.5. The standard InChI is InChI=1S/C21H25ClN6O3/c1-12-13(2)28-17-18(25(3)21(30)26(4)19(17)29)24-20(28)27(12)10-6-9-23-14-7-8-16(31-5)15(22)11-14/h7-8,11,23H,6,9-10H2,1-5H3. The van der Waals surface area contributed by atoms with Gasteiger partial charge in [0.15, 0.2) is 11.2 Å². The third-order valence-electron chi connectivity index (χ3n) is 5.78. The number of nitrogens with one attached hydrogen (secondary N) is 1. The molecule has 0 radical (unpaired) electrons. The van der Waals surface area contributed by atoms with Crippen molar-refractivity contribution in [3.8, 4) is 5.75 Å². The Kier molecular flexibility index (Phi) is 5.30. The molecule has 164 valence electrons. The lowest BCUT2D eigenvalue weighted by atomic mass is 10.3. The Morgan fingerprint density at radius 2 is 1.87 bits per heavy atom. The molecule has 0 aliphatic rings. The maximum absolute atomic E-state index is 12.8. The molecule has 0 unspecified atom stereocenters. The van der Waals surface area contributed by atoms with E-state index in [1.54, 1.807) is 14.2 Å². The maximum Gasteiger partial charge on any atom is 0.332 e. The molecule has 31 heavy (non-hydrogen) atoms. The summed E-state index contributed by atoms with van der Waals surface area (Å²) in [5.41, 5.74) is 2.97. The van der Waals surface area contributed by atoms with Gasteiger partial charge in [-0.3, -0.25) is 18.3 Å². The molecule has 0 saturated heterocycles. The van der Waals surface area contributed by atoms with Crippen LogP contribution >= 0.6 is 11.6 Å². The number of methoxy groups -OCH3 is 1. The van der Waals surface area contributed by atoms with E-state index in [1.807, 2.05) is 36.4 Å². The fourth-order valence-corrected chi connectivity index (χ4v) is 4.16. The van der Waals surface area contributed by atoms with Gasteiger partial charge in [-0.2, -0.15) is 4.98 Å². The zero-order chi connectivity index (χ0) is 22.4. The van der Waals surface area contributed by atoms with E-state index >= 15 is 0 Å². The zero-order valence-corrected chi connectivity index (χ0v) is 18.9. The molecule has 3 heterocycles. The lowest BCUT2D eigenvalue weighted by Crippen LogP contribution is -2.37. The van der Waals surface area contributed by atoms with E-state index in [0.717, 1.165) is 34.6 Å². The Bertz CT molecular complexity index is 1430. The van der Waals surface area contributed by atoms with Crippen LogP contribution in [0.15, 0.2) is 27.8 Å². The summed E-state index contributed by atoms with van der Waals surface area (Å²) >= 11 is 6.18. The van der Waals surface area contributed by atoms with Crippen molar-refractivity contribution in [3.05, 3.63) is 55.4 Å². The van der Waals surface area contributed by atoms with Crippen LogP contribution in [-0.2, 0) is 20.6 Å². The number of anilines is 1. The Morgan fingerprint density at radius 1 is 1.13 bits per heavy atom.